The molecule has 2 heterocycles. The summed E-state index contributed by atoms with van der Waals surface area (Å²) in [6, 6.07) is 1.70. The van der Waals surface area contributed by atoms with Gasteiger partial charge in [-0.05, 0) is 6.07 Å². The first-order chi connectivity index (χ1) is 6.27. The molecule has 4 nitrogen and oxygen atoms in total. The summed E-state index contributed by atoms with van der Waals surface area (Å²) in [6.07, 6.45) is 3.26. The minimum atomic E-state index is 0.426. The average molecular weight is 213 g/mol. The van der Waals surface area contributed by atoms with Gasteiger partial charge < -0.3 is 5.73 Å². The van der Waals surface area contributed by atoms with Gasteiger partial charge in [0.05, 0.1) is 5.02 Å². The van der Waals surface area contributed by atoms with Crippen molar-refractivity contribution in [3.63, 3.8) is 0 Å². The number of nitrogens with two attached hydrogens (primary N) is 1. The van der Waals surface area contributed by atoms with Gasteiger partial charge in [-0.1, -0.05) is 22.9 Å². The van der Waals surface area contributed by atoms with Crippen molar-refractivity contribution in [2.24, 2.45) is 0 Å². The Hall–Kier alpha value is -1.20. The van der Waals surface area contributed by atoms with Gasteiger partial charge in [-0.25, -0.2) is 0 Å². The number of nitrogens with zero attached hydrogens (tertiary/aromatic N) is 3. The second-order valence-corrected chi connectivity index (χ2v) is 3.72. The summed E-state index contributed by atoms with van der Waals surface area (Å²) in [7, 11) is 0. The lowest BCUT2D eigenvalue weighted by Gasteiger charge is -1.95. The van der Waals surface area contributed by atoms with Gasteiger partial charge in [0, 0.05) is 18.0 Å². The molecule has 66 valence electrons. The average Bonchev–Trinajstić information content (AvgIpc) is 2.53. The first-order valence-electron chi connectivity index (χ1n) is 3.46. The van der Waals surface area contributed by atoms with Gasteiger partial charge in [0.1, 0.15) is 0 Å². The molecular formula is C7H5ClN4S. The summed E-state index contributed by atoms with van der Waals surface area (Å²) in [5, 5.41) is 9.28. The molecule has 0 spiro atoms. The summed E-state index contributed by atoms with van der Waals surface area (Å²) in [5.74, 6) is 0. The van der Waals surface area contributed by atoms with Crippen molar-refractivity contribution < 1.29 is 0 Å². The van der Waals surface area contributed by atoms with Crippen LogP contribution < -0.4 is 5.73 Å². The van der Waals surface area contributed by atoms with Crippen LogP contribution in [0.4, 0.5) is 5.13 Å². The van der Waals surface area contributed by atoms with Crippen LogP contribution in [0, 0.1) is 0 Å². The SMILES string of the molecule is Nc1nnc(-c2cnccc2Cl)s1. The minimum Gasteiger partial charge on any atom is -0.374 e. The van der Waals surface area contributed by atoms with Crippen LogP contribution in [0.5, 0.6) is 0 Å². The van der Waals surface area contributed by atoms with Crippen molar-refractivity contribution in [2.45, 2.75) is 0 Å². The Morgan fingerprint density at radius 1 is 1.38 bits per heavy atom. The number of rotatable bonds is 1. The van der Waals surface area contributed by atoms with Crippen molar-refractivity contribution in [2.75, 3.05) is 5.73 Å². The molecule has 2 aromatic heterocycles. The number of halogens is 1. The molecule has 2 N–H and O–H groups in total. The topological polar surface area (TPSA) is 64.7 Å². The van der Waals surface area contributed by atoms with E-state index in [1.165, 1.54) is 11.3 Å². The van der Waals surface area contributed by atoms with Gasteiger partial charge >= 0.3 is 0 Å². The molecule has 13 heavy (non-hydrogen) atoms. The molecule has 0 aromatic carbocycles. The molecule has 0 radical (unpaired) electrons. The zero-order chi connectivity index (χ0) is 9.26. The van der Waals surface area contributed by atoms with E-state index in [1.807, 2.05) is 0 Å². The van der Waals surface area contributed by atoms with Crippen LogP contribution in [0.25, 0.3) is 10.6 Å². The van der Waals surface area contributed by atoms with Gasteiger partial charge in [0.25, 0.3) is 0 Å². The zero-order valence-electron chi connectivity index (χ0n) is 6.44. The monoisotopic (exact) mass is 212 g/mol. The van der Waals surface area contributed by atoms with Crippen LogP contribution in [-0.2, 0) is 0 Å². The van der Waals surface area contributed by atoms with Crippen molar-refractivity contribution >= 4 is 28.1 Å². The maximum Gasteiger partial charge on any atom is 0.203 e. The number of anilines is 1. The molecule has 0 saturated heterocycles. The highest BCUT2D eigenvalue weighted by Gasteiger charge is 2.07. The lowest BCUT2D eigenvalue weighted by molar-refractivity contribution is 1.10. The van der Waals surface area contributed by atoms with E-state index in [0.717, 1.165) is 5.56 Å². The largest absolute Gasteiger partial charge is 0.374 e. The Labute approximate surface area is 83.4 Å². The molecule has 0 aliphatic carbocycles. The Kier molecular flexibility index (Phi) is 2.12. The Bertz CT molecular complexity index is 428. The Morgan fingerprint density at radius 3 is 2.85 bits per heavy atom. The first-order valence-corrected chi connectivity index (χ1v) is 4.65. The van der Waals surface area contributed by atoms with Crippen LogP contribution in [0.15, 0.2) is 18.5 Å². The fraction of sp³-hybridized carbons (Fsp3) is 0. The van der Waals surface area contributed by atoms with Crippen LogP contribution >= 0.6 is 22.9 Å². The van der Waals surface area contributed by atoms with E-state index < -0.39 is 0 Å². The lowest BCUT2D eigenvalue weighted by atomic mass is 10.3. The third-order valence-electron chi connectivity index (χ3n) is 1.44. The highest BCUT2D eigenvalue weighted by Crippen LogP contribution is 2.29. The number of nitrogen functional groups attached to an aromatic ring is 1. The van der Waals surface area contributed by atoms with Gasteiger partial charge in [0.2, 0.25) is 5.13 Å². The fourth-order valence-electron chi connectivity index (χ4n) is 0.878. The van der Waals surface area contributed by atoms with Gasteiger partial charge in [-0.2, -0.15) is 0 Å². The molecule has 0 aliphatic heterocycles. The first kappa shape index (κ1) is 8.40. The zero-order valence-corrected chi connectivity index (χ0v) is 8.01. The normalized spacial score (nSPS) is 10.2. The van der Waals surface area contributed by atoms with E-state index in [2.05, 4.69) is 15.2 Å². The molecule has 0 aliphatic rings. The van der Waals surface area contributed by atoms with E-state index in [-0.39, 0.29) is 0 Å². The number of pyridine rings is 1. The van der Waals surface area contributed by atoms with Crippen LogP contribution in [-0.4, -0.2) is 15.2 Å². The number of hydrogen-bond donors (Lipinski definition) is 1. The molecule has 2 rings (SSSR count). The third kappa shape index (κ3) is 1.61. The molecule has 0 atom stereocenters. The highest BCUT2D eigenvalue weighted by atomic mass is 35.5. The summed E-state index contributed by atoms with van der Waals surface area (Å²) >= 11 is 7.21. The second-order valence-electron chi connectivity index (χ2n) is 2.30. The standard InChI is InChI=1S/C7H5ClN4S/c8-5-1-2-10-3-4(5)6-11-12-7(9)13-6/h1-3H,(H2,9,12). The Morgan fingerprint density at radius 2 is 2.23 bits per heavy atom. The lowest BCUT2D eigenvalue weighted by Crippen LogP contribution is -1.81. The maximum absolute atomic E-state index is 5.93. The summed E-state index contributed by atoms with van der Waals surface area (Å²) < 4.78 is 0. The summed E-state index contributed by atoms with van der Waals surface area (Å²) in [6.45, 7) is 0. The van der Waals surface area contributed by atoms with Crippen molar-refractivity contribution in [3.8, 4) is 10.6 Å². The highest BCUT2D eigenvalue weighted by molar-refractivity contribution is 7.18. The molecule has 0 amide bonds. The maximum atomic E-state index is 5.93. The van der Waals surface area contributed by atoms with E-state index in [4.69, 9.17) is 17.3 Å². The van der Waals surface area contributed by atoms with Gasteiger partial charge in [-0.3, -0.25) is 4.98 Å². The molecular weight excluding hydrogens is 208 g/mol. The van der Waals surface area contributed by atoms with Crippen molar-refractivity contribution in [1.29, 1.82) is 0 Å². The summed E-state index contributed by atoms with van der Waals surface area (Å²) in [5.41, 5.74) is 6.21. The minimum absolute atomic E-state index is 0.426. The third-order valence-corrected chi connectivity index (χ3v) is 2.55. The van der Waals surface area contributed by atoms with E-state index in [0.29, 0.717) is 15.2 Å². The molecule has 2 aromatic rings. The predicted octanol–water partition coefficient (Wildman–Crippen LogP) is 1.84. The Balaban J connectivity index is 2.52. The summed E-state index contributed by atoms with van der Waals surface area (Å²) in [4.78, 5) is 3.94. The van der Waals surface area contributed by atoms with Crippen LogP contribution in [0.3, 0.4) is 0 Å². The number of hydrogen-bond acceptors (Lipinski definition) is 5. The van der Waals surface area contributed by atoms with Gasteiger partial charge in [0.15, 0.2) is 5.01 Å². The predicted molar refractivity (Wildman–Crippen MR) is 52.6 cm³/mol. The molecule has 0 saturated carbocycles. The van der Waals surface area contributed by atoms with Crippen molar-refractivity contribution in [1.82, 2.24) is 15.2 Å². The molecule has 0 bridgehead atoms. The van der Waals surface area contributed by atoms with Crippen LogP contribution in [0.2, 0.25) is 5.02 Å². The molecule has 6 heteroatoms. The van der Waals surface area contributed by atoms with E-state index in [9.17, 15) is 0 Å². The quantitative estimate of drug-likeness (QED) is 0.784. The van der Waals surface area contributed by atoms with Crippen LogP contribution in [0.1, 0.15) is 0 Å². The van der Waals surface area contributed by atoms with Crippen molar-refractivity contribution in [3.05, 3.63) is 23.5 Å². The van der Waals surface area contributed by atoms with Gasteiger partial charge in [-0.15, -0.1) is 10.2 Å². The molecule has 0 fully saturated rings. The molecule has 0 unspecified atom stereocenters. The second kappa shape index (κ2) is 3.27. The smallest absolute Gasteiger partial charge is 0.203 e. The number of aromatic nitrogens is 3. The van der Waals surface area contributed by atoms with E-state index in [1.54, 1.807) is 18.5 Å². The fourth-order valence-corrected chi connectivity index (χ4v) is 1.76. The van der Waals surface area contributed by atoms with E-state index >= 15 is 0 Å².